The van der Waals surface area contributed by atoms with Gasteiger partial charge in [0.05, 0.1) is 5.69 Å². The van der Waals surface area contributed by atoms with Gasteiger partial charge in [-0.05, 0) is 25.7 Å². The van der Waals surface area contributed by atoms with Gasteiger partial charge in [-0.1, -0.05) is 6.92 Å². The summed E-state index contributed by atoms with van der Waals surface area (Å²) >= 11 is 1.77. The van der Waals surface area contributed by atoms with Gasteiger partial charge in [0, 0.05) is 18.5 Å². The third-order valence-corrected chi connectivity index (χ3v) is 3.68. The van der Waals surface area contributed by atoms with Gasteiger partial charge in [-0.2, -0.15) is 0 Å². The summed E-state index contributed by atoms with van der Waals surface area (Å²) in [6, 6.07) is 0. The molecule has 1 aromatic heterocycles. The van der Waals surface area contributed by atoms with Crippen LogP contribution in [-0.2, 0) is 0 Å². The molecule has 2 rings (SSSR count). The summed E-state index contributed by atoms with van der Waals surface area (Å²) < 4.78 is 0. The number of nitrogens with zero attached hydrogens (tertiary/aromatic N) is 2. The first-order chi connectivity index (χ1) is 6.25. The molecule has 0 atom stereocenters. The molecule has 0 radical (unpaired) electrons. The number of anilines is 1. The predicted octanol–water partition coefficient (Wildman–Crippen LogP) is 2.69. The first-order valence-corrected chi connectivity index (χ1v) is 5.81. The van der Waals surface area contributed by atoms with Crippen LogP contribution in [0.15, 0.2) is 5.38 Å². The summed E-state index contributed by atoms with van der Waals surface area (Å²) in [6.07, 6.45) is 2.64. The fourth-order valence-corrected chi connectivity index (χ4v) is 2.54. The van der Waals surface area contributed by atoms with Crippen LogP contribution in [0.5, 0.6) is 0 Å². The minimum absolute atomic E-state index is 0.900. The number of hydrogen-bond acceptors (Lipinski definition) is 3. The Labute approximate surface area is 83.6 Å². The molecule has 1 aliphatic heterocycles. The molecule has 0 aromatic carbocycles. The van der Waals surface area contributed by atoms with Crippen molar-refractivity contribution in [3.63, 3.8) is 0 Å². The van der Waals surface area contributed by atoms with E-state index in [2.05, 4.69) is 29.1 Å². The van der Waals surface area contributed by atoms with Crippen molar-refractivity contribution >= 4 is 16.5 Å². The number of thiazole rings is 1. The molecule has 1 aromatic rings. The molecule has 13 heavy (non-hydrogen) atoms. The van der Waals surface area contributed by atoms with E-state index in [1.165, 1.54) is 31.1 Å². The van der Waals surface area contributed by atoms with Crippen molar-refractivity contribution in [1.29, 1.82) is 0 Å². The lowest BCUT2D eigenvalue weighted by atomic mass is 10.00. The summed E-state index contributed by atoms with van der Waals surface area (Å²) in [6.45, 7) is 6.78. The van der Waals surface area contributed by atoms with Crippen molar-refractivity contribution in [2.24, 2.45) is 5.92 Å². The van der Waals surface area contributed by atoms with E-state index >= 15 is 0 Å². The zero-order valence-electron chi connectivity index (χ0n) is 8.29. The van der Waals surface area contributed by atoms with Crippen molar-refractivity contribution < 1.29 is 0 Å². The van der Waals surface area contributed by atoms with Crippen molar-refractivity contribution in [2.45, 2.75) is 26.7 Å². The maximum absolute atomic E-state index is 4.50. The monoisotopic (exact) mass is 196 g/mol. The Morgan fingerprint density at radius 2 is 2.15 bits per heavy atom. The highest BCUT2D eigenvalue weighted by molar-refractivity contribution is 7.13. The molecule has 2 heterocycles. The van der Waals surface area contributed by atoms with E-state index in [1.807, 2.05) is 0 Å². The molecule has 0 unspecified atom stereocenters. The molecule has 0 aliphatic carbocycles. The third kappa shape index (κ3) is 2.02. The van der Waals surface area contributed by atoms with Crippen molar-refractivity contribution in [3.05, 3.63) is 11.1 Å². The van der Waals surface area contributed by atoms with Crippen LogP contribution in [0.3, 0.4) is 0 Å². The topological polar surface area (TPSA) is 16.1 Å². The summed E-state index contributed by atoms with van der Waals surface area (Å²) in [5.41, 5.74) is 1.15. The smallest absolute Gasteiger partial charge is 0.185 e. The summed E-state index contributed by atoms with van der Waals surface area (Å²) in [5.74, 6) is 0.900. The molecule has 0 spiro atoms. The number of aromatic nitrogens is 1. The molecular formula is C10H16N2S. The van der Waals surface area contributed by atoms with E-state index in [-0.39, 0.29) is 0 Å². The van der Waals surface area contributed by atoms with Gasteiger partial charge in [0.1, 0.15) is 0 Å². The zero-order chi connectivity index (χ0) is 9.26. The van der Waals surface area contributed by atoms with Crippen LogP contribution in [0.25, 0.3) is 0 Å². The molecule has 0 saturated carbocycles. The van der Waals surface area contributed by atoms with Crippen LogP contribution in [0, 0.1) is 12.8 Å². The highest BCUT2D eigenvalue weighted by atomic mass is 32.1. The average molecular weight is 196 g/mol. The number of hydrogen-bond donors (Lipinski definition) is 0. The molecule has 3 heteroatoms. The minimum Gasteiger partial charge on any atom is -0.348 e. The van der Waals surface area contributed by atoms with Crippen molar-refractivity contribution in [3.8, 4) is 0 Å². The third-order valence-electron chi connectivity index (χ3n) is 2.66. The lowest BCUT2D eigenvalue weighted by molar-refractivity contribution is 0.438. The fourth-order valence-electron chi connectivity index (χ4n) is 1.69. The van der Waals surface area contributed by atoms with Gasteiger partial charge in [-0.25, -0.2) is 4.98 Å². The number of aryl methyl sites for hydroxylation is 1. The first kappa shape index (κ1) is 9.00. The van der Waals surface area contributed by atoms with Gasteiger partial charge in [-0.15, -0.1) is 11.3 Å². The van der Waals surface area contributed by atoms with Crippen LogP contribution >= 0.6 is 11.3 Å². The lowest BCUT2D eigenvalue weighted by Gasteiger charge is -2.29. The Hall–Kier alpha value is -0.570. The predicted molar refractivity (Wildman–Crippen MR) is 57.5 cm³/mol. The zero-order valence-corrected chi connectivity index (χ0v) is 9.10. The van der Waals surface area contributed by atoms with E-state index in [4.69, 9.17) is 0 Å². The number of piperidine rings is 1. The van der Waals surface area contributed by atoms with Crippen LogP contribution < -0.4 is 4.90 Å². The molecule has 0 bridgehead atoms. The molecule has 0 amide bonds. The normalized spacial score (nSPS) is 19.4. The molecule has 1 saturated heterocycles. The maximum atomic E-state index is 4.50. The average Bonchev–Trinajstić information content (AvgIpc) is 2.53. The Bertz CT molecular complexity index is 274. The van der Waals surface area contributed by atoms with Crippen molar-refractivity contribution in [2.75, 3.05) is 18.0 Å². The molecule has 1 fully saturated rings. The SMILES string of the molecule is Cc1csc(N2CCC(C)CC2)n1. The van der Waals surface area contributed by atoms with Crippen LogP contribution in [0.4, 0.5) is 5.13 Å². The van der Waals surface area contributed by atoms with E-state index in [0.717, 1.165) is 11.6 Å². The van der Waals surface area contributed by atoms with E-state index < -0.39 is 0 Å². The standard InChI is InChI=1S/C10H16N2S/c1-8-3-5-12(6-4-8)10-11-9(2)7-13-10/h7-8H,3-6H2,1-2H3. The van der Waals surface area contributed by atoms with Gasteiger partial charge in [0.25, 0.3) is 0 Å². The minimum atomic E-state index is 0.900. The highest BCUT2D eigenvalue weighted by Gasteiger charge is 2.17. The van der Waals surface area contributed by atoms with Crippen LogP contribution in [0.2, 0.25) is 0 Å². The Morgan fingerprint density at radius 1 is 1.46 bits per heavy atom. The Balaban J connectivity index is 2.02. The largest absolute Gasteiger partial charge is 0.348 e. The van der Waals surface area contributed by atoms with Gasteiger partial charge in [0.2, 0.25) is 0 Å². The molecule has 2 nitrogen and oxygen atoms in total. The fraction of sp³-hybridized carbons (Fsp3) is 0.700. The summed E-state index contributed by atoms with van der Waals surface area (Å²) in [4.78, 5) is 6.92. The quantitative estimate of drug-likeness (QED) is 0.686. The van der Waals surface area contributed by atoms with E-state index in [1.54, 1.807) is 11.3 Å². The Kier molecular flexibility index (Phi) is 2.54. The number of rotatable bonds is 1. The summed E-state index contributed by atoms with van der Waals surface area (Å²) in [5, 5.41) is 3.34. The van der Waals surface area contributed by atoms with E-state index in [9.17, 15) is 0 Å². The lowest BCUT2D eigenvalue weighted by Crippen LogP contribution is -2.32. The van der Waals surface area contributed by atoms with Crippen LogP contribution in [-0.4, -0.2) is 18.1 Å². The summed E-state index contributed by atoms with van der Waals surface area (Å²) in [7, 11) is 0. The van der Waals surface area contributed by atoms with E-state index in [0.29, 0.717) is 0 Å². The molecular weight excluding hydrogens is 180 g/mol. The van der Waals surface area contributed by atoms with Gasteiger partial charge in [0.15, 0.2) is 5.13 Å². The second-order valence-electron chi connectivity index (χ2n) is 3.94. The van der Waals surface area contributed by atoms with Crippen molar-refractivity contribution in [1.82, 2.24) is 4.98 Å². The second kappa shape index (κ2) is 3.66. The molecule has 0 N–H and O–H groups in total. The van der Waals surface area contributed by atoms with Crippen LogP contribution in [0.1, 0.15) is 25.5 Å². The van der Waals surface area contributed by atoms with Gasteiger partial charge >= 0.3 is 0 Å². The van der Waals surface area contributed by atoms with Gasteiger partial charge in [-0.3, -0.25) is 0 Å². The molecule has 1 aliphatic rings. The maximum Gasteiger partial charge on any atom is 0.185 e. The first-order valence-electron chi connectivity index (χ1n) is 4.93. The Morgan fingerprint density at radius 3 is 2.69 bits per heavy atom. The van der Waals surface area contributed by atoms with Gasteiger partial charge < -0.3 is 4.90 Å². The molecule has 72 valence electrons. The second-order valence-corrected chi connectivity index (χ2v) is 4.78. The highest BCUT2D eigenvalue weighted by Crippen LogP contribution is 2.25.